The Kier molecular flexibility index (Phi) is 11.7. The van der Waals surface area contributed by atoms with Gasteiger partial charge in [0.1, 0.15) is 16.7 Å². The zero-order valence-corrected chi connectivity index (χ0v) is 28.9. The van der Waals surface area contributed by atoms with E-state index in [2.05, 4.69) is 32.0 Å². The van der Waals surface area contributed by atoms with Crippen molar-refractivity contribution < 1.29 is 28.0 Å². The summed E-state index contributed by atoms with van der Waals surface area (Å²) in [5.74, 6) is -1.90. The van der Waals surface area contributed by atoms with Gasteiger partial charge in [-0.25, -0.2) is 4.39 Å². The minimum atomic E-state index is -0.960. The van der Waals surface area contributed by atoms with Crippen LogP contribution in [0.5, 0.6) is 0 Å². The maximum absolute atomic E-state index is 15.8. The number of halogens is 1. The number of nitrogens with zero attached hydrogens (tertiary/aromatic N) is 4. The third kappa shape index (κ3) is 8.35. The first-order valence-electron chi connectivity index (χ1n) is 16.8. The third-order valence-corrected chi connectivity index (χ3v) is 10.6. The number of piperazine rings is 1. The zero-order valence-electron chi connectivity index (χ0n) is 28.0. The minimum absolute atomic E-state index is 0.0567. The molecule has 3 heterocycles. The molecule has 11 nitrogen and oxygen atoms in total. The predicted octanol–water partition coefficient (Wildman–Crippen LogP) is 4.25. The number of aromatic nitrogens is 2. The molecule has 48 heavy (non-hydrogen) atoms. The highest BCUT2D eigenvalue weighted by atomic mass is 32.1. The van der Waals surface area contributed by atoms with Crippen molar-refractivity contribution in [3.63, 3.8) is 0 Å². The van der Waals surface area contributed by atoms with Gasteiger partial charge in [-0.05, 0) is 72.9 Å². The fraction of sp³-hybridized carbons (Fsp3) is 0.543. The van der Waals surface area contributed by atoms with Gasteiger partial charge in [-0.3, -0.25) is 19.2 Å². The van der Waals surface area contributed by atoms with Gasteiger partial charge in [-0.15, -0.1) is 5.10 Å². The summed E-state index contributed by atoms with van der Waals surface area (Å²) in [7, 11) is 1.99. The average molecular weight is 681 g/mol. The monoisotopic (exact) mass is 680 g/mol. The number of furan rings is 1. The number of rotatable bonds is 12. The molecule has 1 saturated heterocycles. The number of likely N-dealkylation sites (N-methyl/N-ethyl adjacent to an activating group) is 1. The van der Waals surface area contributed by atoms with Crippen molar-refractivity contribution in [3.8, 4) is 0 Å². The normalized spacial score (nSPS) is 20.5. The molecular formula is C35H45FN6O5S. The SMILES string of the molecule is CCc1ccoc1C(=O)N[C@H](C(=O)Cc1ccc([C@H](C)[C@@H](NC(=O)c2cnns2)C(=O)N2CCN(C)CC2)cc1F)C1CCC(C)CC1. The summed E-state index contributed by atoms with van der Waals surface area (Å²) in [6.45, 7) is 8.34. The molecule has 2 N–H and O–H groups in total. The molecule has 1 aliphatic heterocycles. The van der Waals surface area contributed by atoms with E-state index in [0.29, 0.717) is 44.1 Å². The van der Waals surface area contributed by atoms with Gasteiger partial charge in [0, 0.05) is 44.1 Å². The summed E-state index contributed by atoms with van der Waals surface area (Å²) >= 11 is 0.927. The number of benzene rings is 1. The van der Waals surface area contributed by atoms with Crippen LogP contribution >= 0.6 is 11.5 Å². The lowest BCUT2D eigenvalue weighted by Crippen LogP contribution is -2.55. The number of carbonyl (C=O) groups excluding carboxylic acids is 4. The van der Waals surface area contributed by atoms with Gasteiger partial charge < -0.3 is 24.9 Å². The summed E-state index contributed by atoms with van der Waals surface area (Å²) in [4.78, 5) is 58.0. The average Bonchev–Trinajstić information content (AvgIpc) is 3.80. The van der Waals surface area contributed by atoms with Crippen molar-refractivity contribution in [2.75, 3.05) is 33.2 Å². The van der Waals surface area contributed by atoms with E-state index in [1.807, 2.05) is 14.0 Å². The summed E-state index contributed by atoms with van der Waals surface area (Å²) in [5, 5.41) is 9.51. The van der Waals surface area contributed by atoms with Crippen LogP contribution in [0.1, 0.15) is 89.3 Å². The second-order valence-electron chi connectivity index (χ2n) is 13.2. The molecule has 0 radical (unpaired) electrons. The number of Topliss-reactive ketones (excluding diaryl/α,β-unsaturated/α-hetero) is 1. The smallest absolute Gasteiger partial charge is 0.287 e. The Morgan fingerprint density at radius 1 is 1.02 bits per heavy atom. The van der Waals surface area contributed by atoms with Gasteiger partial charge in [0.2, 0.25) is 5.91 Å². The number of aryl methyl sites for hydroxylation is 1. The Bertz CT molecular complexity index is 1580. The Morgan fingerprint density at radius 2 is 1.75 bits per heavy atom. The molecule has 0 unspecified atom stereocenters. The van der Waals surface area contributed by atoms with Crippen LogP contribution in [0, 0.1) is 17.7 Å². The van der Waals surface area contributed by atoms with E-state index in [-0.39, 0.29) is 40.2 Å². The molecule has 0 spiro atoms. The first-order valence-corrected chi connectivity index (χ1v) is 17.6. The molecule has 2 fully saturated rings. The lowest BCUT2D eigenvalue weighted by Gasteiger charge is -2.36. The Morgan fingerprint density at radius 3 is 2.40 bits per heavy atom. The molecule has 2 aromatic heterocycles. The molecule has 258 valence electrons. The first kappa shape index (κ1) is 35.3. The van der Waals surface area contributed by atoms with Crippen molar-refractivity contribution in [2.24, 2.45) is 11.8 Å². The highest BCUT2D eigenvalue weighted by Gasteiger charge is 2.36. The molecule has 0 bridgehead atoms. The van der Waals surface area contributed by atoms with Crippen LogP contribution in [0.25, 0.3) is 0 Å². The highest BCUT2D eigenvalue weighted by molar-refractivity contribution is 7.07. The van der Waals surface area contributed by atoms with Crippen LogP contribution in [-0.4, -0.2) is 88.2 Å². The van der Waals surface area contributed by atoms with Crippen LogP contribution in [0.3, 0.4) is 0 Å². The second-order valence-corrected chi connectivity index (χ2v) is 14.0. The Labute approximate surface area is 284 Å². The van der Waals surface area contributed by atoms with E-state index < -0.39 is 35.6 Å². The number of ketones is 1. The lowest BCUT2D eigenvalue weighted by molar-refractivity contribution is -0.135. The summed E-state index contributed by atoms with van der Waals surface area (Å²) in [6.07, 6.45) is 6.72. The number of amides is 3. The van der Waals surface area contributed by atoms with Crippen molar-refractivity contribution in [1.82, 2.24) is 30.0 Å². The Hall–Kier alpha value is -3.97. The molecule has 5 rings (SSSR count). The molecule has 3 aromatic rings. The van der Waals surface area contributed by atoms with Crippen LogP contribution in [0.15, 0.2) is 41.1 Å². The van der Waals surface area contributed by atoms with Crippen LogP contribution in [-0.2, 0) is 22.4 Å². The van der Waals surface area contributed by atoms with Gasteiger partial charge in [0.15, 0.2) is 11.5 Å². The lowest BCUT2D eigenvalue weighted by atomic mass is 9.77. The van der Waals surface area contributed by atoms with E-state index in [0.717, 1.165) is 42.8 Å². The topological polar surface area (TPSA) is 138 Å². The standard InChI is InChI=1S/C35H45FN6O5S/c1-5-23-12-17-47-32(23)34(45)39-31(24-8-6-21(2)7-9-24)28(43)19-26-11-10-25(18-27(26)36)22(3)30(38-33(44)29-20-37-40-48-29)35(46)42-15-13-41(4)14-16-42/h10-12,17-18,20-22,24,30-31H,5-9,13-16,19H2,1-4H3,(H,38,44)(H,39,45)/t21?,22-,24?,30+,31-/m0/s1. The van der Waals surface area contributed by atoms with Crippen molar-refractivity contribution in [1.29, 1.82) is 0 Å². The predicted molar refractivity (Wildman–Crippen MR) is 179 cm³/mol. The summed E-state index contributed by atoms with van der Waals surface area (Å²) in [6, 6.07) is 4.61. The Balaban J connectivity index is 1.34. The van der Waals surface area contributed by atoms with Gasteiger partial charge in [-0.2, -0.15) is 0 Å². The second kappa shape index (κ2) is 16.0. The van der Waals surface area contributed by atoms with Gasteiger partial charge in [-0.1, -0.05) is 50.2 Å². The summed E-state index contributed by atoms with van der Waals surface area (Å²) in [5.41, 5.74) is 1.47. The quantitative estimate of drug-likeness (QED) is 0.290. The molecule has 1 saturated carbocycles. The number of carbonyl (C=O) groups is 4. The third-order valence-electron chi connectivity index (χ3n) is 9.92. The van der Waals surface area contributed by atoms with Crippen molar-refractivity contribution >= 4 is 35.0 Å². The molecule has 2 aliphatic rings. The van der Waals surface area contributed by atoms with E-state index in [9.17, 15) is 19.2 Å². The van der Waals surface area contributed by atoms with Crippen molar-refractivity contribution in [2.45, 2.75) is 77.3 Å². The largest absolute Gasteiger partial charge is 0.459 e. The van der Waals surface area contributed by atoms with E-state index in [4.69, 9.17) is 4.42 Å². The molecule has 3 amide bonds. The molecule has 13 heteroatoms. The molecule has 1 aliphatic carbocycles. The van der Waals surface area contributed by atoms with Gasteiger partial charge >= 0.3 is 0 Å². The molecular weight excluding hydrogens is 635 g/mol. The van der Waals surface area contributed by atoms with Gasteiger partial charge in [0.25, 0.3) is 11.8 Å². The fourth-order valence-electron chi connectivity index (χ4n) is 6.68. The highest BCUT2D eigenvalue weighted by Crippen LogP contribution is 2.32. The summed E-state index contributed by atoms with van der Waals surface area (Å²) < 4.78 is 25.0. The first-order chi connectivity index (χ1) is 23.0. The van der Waals surface area contributed by atoms with Crippen LogP contribution in [0.4, 0.5) is 4.39 Å². The minimum Gasteiger partial charge on any atom is -0.459 e. The van der Waals surface area contributed by atoms with Crippen LogP contribution in [0.2, 0.25) is 0 Å². The van der Waals surface area contributed by atoms with Gasteiger partial charge in [0.05, 0.1) is 18.5 Å². The maximum atomic E-state index is 15.8. The number of nitrogens with one attached hydrogen (secondary N) is 2. The number of hydrogen-bond acceptors (Lipinski definition) is 9. The van der Waals surface area contributed by atoms with Crippen LogP contribution < -0.4 is 10.6 Å². The number of hydrogen-bond donors (Lipinski definition) is 2. The molecule has 1 aromatic carbocycles. The molecule has 3 atom stereocenters. The van der Waals surface area contributed by atoms with Crippen molar-refractivity contribution in [3.05, 3.63) is 69.9 Å². The maximum Gasteiger partial charge on any atom is 0.287 e. The fourth-order valence-corrected chi connectivity index (χ4v) is 7.10. The van der Waals surface area contributed by atoms with E-state index in [1.165, 1.54) is 18.5 Å². The van der Waals surface area contributed by atoms with E-state index in [1.54, 1.807) is 30.0 Å². The zero-order chi connectivity index (χ0) is 34.4. The van der Waals surface area contributed by atoms with E-state index >= 15 is 4.39 Å².